The minimum Gasteiger partial charge on any atom is -0.443 e. The maximum absolute atomic E-state index is 12.8. The van der Waals surface area contributed by atoms with Crippen molar-refractivity contribution in [2.45, 2.75) is 25.3 Å². The SMILES string of the molecule is O=C(c1ccccc1)N1CCC[C@H]1c1ncc(Cc2ccccc2)o1. The van der Waals surface area contributed by atoms with Gasteiger partial charge < -0.3 is 9.32 Å². The first-order chi connectivity index (χ1) is 12.3. The summed E-state index contributed by atoms with van der Waals surface area (Å²) in [6.45, 7) is 0.745. The van der Waals surface area contributed by atoms with Crippen molar-refractivity contribution in [3.05, 3.63) is 89.6 Å². The minimum atomic E-state index is -0.0720. The number of hydrogen-bond donors (Lipinski definition) is 0. The Kier molecular flexibility index (Phi) is 4.34. The number of carbonyl (C=O) groups excluding carboxylic acids is 1. The van der Waals surface area contributed by atoms with E-state index < -0.39 is 0 Å². The van der Waals surface area contributed by atoms with Crippen molar-refractivity contribution >= 4 is 5.91 Å². The second kappa shape index (κ2) is 6.93. The lowest BCUT2D eigenvalue weighted by Gasteiger charge is -2.22. The molecular formula is C21H20N2O2. The fraction of sp³-hybridized carbons (Fsp3) is 0.238. The van der Waals surface area contributed by atoms with Crippen LogP contribution >= 0.6 is 0 Å². The Balaban J connectivity index is 1.52. The van der Waals surface area contributed by atoms with Gasteiger partial charge in [0.15, 0.2) is 0 Å². The number of nitrogens with zero attached hydrogens (tertiary/aromatic N) is 2. The highest BCUT2D eigenvalue weighted by Crippen LogP contribution is 2.33. The van der Waals surface area contributed by atoms with E-state index in [1.807, 2.05) is 53.4 Å². The fourth-order valence-electron chi connectivity index (χ4n) is 3.37. The van der Waals surface area contributed by atoms with Crippen LogP contribution in [0.25, 0.3) is 0 Å². The van der Waals surface area contributed by atoms with Gasteiger partial charge in [-0.3, -0.25) is 4.79 Å². The largest absolute Gasteiger partial charge is 0.443 e. The summed E-state index contributed by atoms with van der Waals surface area (Å²) in [7, 11) is 0. The summed E-state index contributed by atoms with van der Waals surface area (Å²) in [4.78, 5) is 19.1. The molecule has 0 radical (unpaired) electrons. The monoisotopic (exact) mass is 332 g/mol. The van der Waals surface area contributed by atoms with Crippen molar-refractivity contribution < 1.29 is 9.21 Å². The van der Waals surface area contributed by atoms with Gasteiger partial charge in [-0.1, -0.05) is 48.5 Å². The van der Waals surface area contributed by atoms with Crippen LogP contribution in [0.2, 0.25) is 0 Å². The van der Waals surface area contributed by atoms with Crippen LogP contribution in [0.5, 0.6) is 0 Å². The van der Waals surface area contributed by atoms with Crippen molar-refractivity contribution in [2.75, 3.05) is 6.54 Å². The average molecular weight is 332 g/mol. The molecule has 4 rings (SSSR count). The zero-order valence-electron chi connectivity index (χ0n) is 14.0. The molecule has 0 N–H and O–H groups in total. The van der Waals surface area contributed by atoms with E-state index in [4.69, 9.17) is 4.42 Å². The third-order valence-corrected chi connectivity index (χ3v) is 4.61. The Morgan fingerprint density at radius 1 is 1.08 bits per heavy atom. The molecule has 25 heavy (non-hydrogen) atoms. The first-order valence-electron chi connectivity index (χ1n) is 8.66. The van der Waals surface area contributed by atoms with Crippen LogP contribution in [0.4, 0.5) is 0 Å². The lowest BCUT2D eigenvalue weighted by Crippen LogP contribution is -2.30. The second-order valence-electron chi connectivity index (χ2n) is 6.35. The highest BCUT2D eigenvalue weighted by molar-refractivity contribution is 5.94. The first-order valence-corrected chi connectivity index (χ1v) is 8.66. The van der Waals surface area contributed by atoms with Gasteiger partial charge in [-0.15, -0.1) is 0 Å². The molecule has 1 atom stereocenters. The van der Waals surface area contributed by atoms with Gasteiger partial charge in [0.1, 0.15) is 11.8 Å². The Morgan fingerprint density at radius 2 is 1.80 bits per heavy atom. The molecule has 2 heterocycles. The molecular weight excluding hydrogens is 312 g/mol. The molecule has 0 saturated carbocycles. The third kappa shape index (κ3) is 3.33. The standard InChI is InChI=1S/C21H20N2O2/c24-21(17-10-5-2-6-11-17)23-13-7-12-19(23)20-22-15-18(25-20)14-16-8-3-1-4-9-16/h1-6,8-11,15,19H,7,12-14H2/t19-/m0/s1. The molecule has 0 spiro atoms. The van der Waals surface area contributed by atoms with Crippen molar-refractivity contribution in [3.8, 4) is 0 Å². The van der Waals surface area contributed by atoms with E-state index in [-0.39, 0.29) is 11.9 Å². The van der Waals surface area contributed by atoms with Gasteiger partial charge in [0.25, 0.3) is 5.91 Å². The van der Waals surface area contributed by atoms with Crippen molar-refractivity contribution in [1.29, 1.82) is 0 Å². The number of amides is 1. The summed E-state index contributed by atoms with van der Waals surface area (Å²) in [5, 5.41) is 0. The molecule has 0 unspecified atom stereocenters. The van der Waals surface area contributed by atoms with Crippen LogP contribution in [0.3, 0.4) is 0 Å². The van der Waals surface area contributed by atoms with E-state index in [1.54, 1.807) is 6.20 Å². The molecule has 1 amide bonds. The van der Waals surface area contributed by atoms with Gasteiger partial charge in [-0.2, -0.15) is 0 Å². The molecule has 1 saturated heterocycles. The van der Waals surface area contributed by atoms with Crippen LogP contribution in [0.15, 0.2) is 71.3 Å². The maximum atomic E-state index is 12.8. The number of rotatable bonds is 4. The number of oxazole rings is 1. The van der Waals surface area contributed by atoms with Gasteiger partial charge in [0.2, 0.25) is 5.89 Å². The molecule has 0 aliphatic carbocycles. The highest BCUT2D eigenvalue weighted by atomic mass is 16.4. The molecule has 126 valence electrons. The van der Waals surface area contributed by atoms with E-state index in [2.05, 4.69) is 17.1 Å². The van der Waals surface area contributed by atoms with Gasteiger partial charge in [0.05, 0.1) is 6.20 Å². The van der Waals surface area contributed by atoms with E-state index in [9.17, 15) is 4.79 Å². The van der Waals surface area contributed by atoms with E-state index in [0.717, 1.165) is 25.1 Å². The minimum absolute atomic E-state index is 0.0471. The van der Waals surface area contributed by atoms with Crippen LogP contribution in [0, 0.1) is 0 Å². The Hall–Kier alpha value is -2.88. The topological polar surface area (TPSA) is 46.3 Å². The van der Waals surface area contributed by atoms with Crippen molar-refractivity contribution in [3.63, 3.8) is 0 Å². The van der Waals surface area contributed by atoms with E-state index >= 15 is 0 Å². The summed E-state index contributed by atoms with van der Waals surface area (Å²) in [6.07, 6.45) is 4.36. The van der Waals surface area contributed by atoms with Gasteiger partial charge in [-0.25, -0.2) is 4.98 Å². The maximum Gasteiger partial charge on any atom is 0.254 e. The number of aromatic nitrogens is 1. The Morgan fingerprint density at radius 3 is 2.56 bits per heavy atom. The summed E-state index contributed by atoms with van der Waals surface area (Å²) < 4.78 is 5.98. The Labute approximate surface area is 147 Å². The summed E-state index contributed by atoms with van der Waals surface area (Å²) >= 11 is 0. The first kappa shape index (κ1) is 15.6. The van der Waals surface area contributed by atoms with E-state index in [1.165, 1.54) is 5.56 Å². The summed E-state index contributed by atoms with van der Waals surface area (Å²) in [5.41, 5.74) is 1.90. The smallest absolute Gasteiger partial charge is 0.254 e. The van der Waals surface area contributed by atoms with Crippen molar-refractivity contribution in [2.24, 2.45) is 0 Å². The lowest BCUT2D eigenvalue weighted by atomic mass is 10.1. The molecule has 1 aliphatic heterocycles. The predicted molar refractivity (Wildman–Crippen MR) is 95.2 cm³/mol. The zero-order chi connectivity index (χ0) is 17.1. The molecule has 0 bridgehead atoms. The second-order valence-corrected chi connectivity index (χ2v) is 6.35. The Bertz CT molecular complexity index is 843. The normalized spacial score (nSPS) is 17.0. The number of likely N-dealkylation sites (tertiary alicyclic amines) is 1. The lowest BCUT2D eigenvalue weighted by molar-refractivity contribution is 0.0714. The number of carbonyl (C=O) groups is 1. The third-order valence-electron chi connectivity index (χ3n) is 4.61. The molecule has 2 aromatic carbocycles. The molecule has 4 nitrogen and oxygen atoms in total. The molecule has 4 heteroatoms. The van der Waals surface area contributed by atoms with E-state index in [0.29, 0.717) is 17.9 Å². The molecule has 1 aliphatic rings. The van der Waals surface area contributed by atoms with Gasteiger partial charge in [-0.05, 0) is 30.5 Å². The molecule has 1 fully saturated rings. The quantitative estimate of drug-likeness (QED) is 0.718. The molecule has 3 aromatic rings. The zero-order valence-corrected chi connectivity index (χ0v) is 14.0. The van der Waals surface area contributed by atoms with Crippen LogP contribution in [0.1, 0.15) is 46.5 Å². The van der Waals surface area contributed by atoms with Crippen LogP contribution in [-0.4, -0.2) is 22.3 Å². The fourth-order valence-corrected chi connectivity index (χ4v) is 3.37. The summed E-state index contributed by atoms with van der Waals surface area (Å²) in [5.74, 6) is 1.53. The van der Waals surface area contributed by atoms with Crippen LogP contribution < -0.4 is 0 Å². The van der Waals surface area contributed by atoms with Gasteiger partial charge in [0, 0.05) is 18.5 Å². The predicted octanol–water partition coefficient (Wildman–Crippen LogP) is 4.24. The van der Waals surface area contributed by atoms with Crippen molar-refractivity contribution in [1.82, 2.24) is 9.88 Å². The number of benzene rings is 2. The average Bonchev–Trinajstić information content (AvgIpc) is 3.32. The highest BCUT2D eigenvalue weighted by Gasteiger charge is 2.33. The number of hydrogen-bond acceptors (Lipinski definition) is 3. The summed E-state index contributed by atoms with van der Waals surface area (Å²) in [6, 6.07) is 19.5. The van der Waals surface area contributed by atoms with Gasteiger partial charge >= 0.3 is 0 Å². The molecule has 1 aromatic heterocycles. The van der Waals surface area contributed by atoms with Crippen LogP contribution in [-0.2, 0) is 6.42 Å².